The van der Waals surface area contributed by atoms with Gasteiger partial charge < -0.3 is 9.57 Å². The predicted octanol–water partition coefficient (Wildman–Crippen LogP) is 4.42. The molecule has 3 aromatic rings. The Morgan fingerprint density at radius 1 is 0.970 bits per heavy atom. The van der Waals surface area contributed by atoms with Crippen LogP contribution in [-0.2, 0) is 24.7 Å². The van der Waals surface area contributed by atoms with Gasteiger partial charge in [0, 0.05) is 11.3 Å². The van der Waals surface area contributed by atoms with Crippen molar-refractivity contribution in [1.29, 1.82) is 0 Å². The van der Waals surface area contributed by atoms with Crippen LogP contribution in [0.25, 0.3) is 5.76 Å². The summed E-state index contributed by atoms with van der Waals surface area (Å²) < 4.78 is 5.46. The van der Waals surface area contributed by atoms with Crippen LogP contribution in [0.2, 0.25) is 0 Å². The molecule has 2 aliphatic rings. The van der Waals surface area contributed by atoms with Gasteiger partial charge >= 0.3 is 5.97 Å². The van der Waals surface area contributed by atoms with Crippen LogP contribution >= 0.6 is 0 Å². The number of hydrogen-bond acceptors (Lipinski definition) is 5. The molecule has 1 unspecified atom stereocenters. The average molecular weight is 440 g/mol. The summed E-state index contributed by atoms with van der Waals surface area (Å²) in [5.41, 5.74) is 1.94. The summed E-state index contributed by atoms with van der Waals surface area (Å²) in [5.74, 6) is -0.483. The Kier molecular flexibility index (Phi) is 5.23. The molecule has 0 bridgehead atoms. The summed E-state index contributed by atoms with van der Waals surface area (Å²) in [6.07, 6.45) is 0. The molecule has 166 valence electrons. The van der Waals surface area contributed by atoms with Crippen molar-refractivity contribution in [3.05, 3.63) is 107 Å². The number of fused-ring (bicyclic) bond motifs is 1. The van der Waals surface area contributed by atoms with Crippen LogP contribution in [0.5, 0.6) is 0 Å². The molecule has 0 spiro atoms. The van der Waals surface area contributed by atoms with Crippen molar-refractivity contribution < 1.29 is 19.2 Å². The number of amides is 1. The van der Waals surface area contributed by atoms with Crippen LogP contribution in [0.1, 0.15) is 23.6 Å². The van der Waals surface area contributed by atoms with Gasteiger partial charge in [0.1, 0.15) is 12.2 Å². The van der Waals surface area contributed by atoms with Crippen LogP contribution in [0.15, 0.2) is 90.5 Å². The number of aryl methyl sites for hydroxylation is 1. The topological polar surface area (TPSA) is 59.1 Å². The first-order valence-corrected chi connectivity index (χ1v) is 10.9. The van der Waals surface area contributed by atoms with E-state index >= 15 is 0 Å². The van der Waals surface area contributed by atoms with E-state index < -0.39 is 11.5 Å². The van der Waals surface area contributed by atoms with Gasteiger partial charge in [0.25, 0.3) is 5.91 Å². The van der Waals surface area contributed by atoms with Gasteiger partial charge in [-0.2, -0.15) is 0 Å². The van der Waals surface area contributed by atoms with Crippen LogP contribution in [0, 0.1) is 6.92 Å². The SMILES string of the molecule is CCOC(=O)C1=C(c2ccccc2)ON2CN(c3ccc(C)cc3)C(=O)C12c1ccccc1. The van der Waals surface area contributed by atoms with E-state index in [0.29, 0.717) is 16.9 Å². The summed E-state index contributed by atoms with van der Waals surface area (Å²) in [6, 6.07) is 26.3. The second-order valence-electron chi connectivity index (χ2n) is 8.05. The van der Waals surface area contributed by atoms with Gasteiger partial charge in [0.2, 0.25) is 0 Å². The lowest BCUT2D eigenvalue weighted by atomic mass is 9.81. The summed E-state index contributed by atoms with van der Waals surface area (Å²) in [5, 5.41) is 1.60. The summed E-state index contributed by atoms with van der Waals surface area (Å²) >= 11 is 0. The van der Waals surface area contributed by atoms with Crippen LogP contribution in [-0.4, -0.2) is 30.2 Å². The van der Waals surface area contributed by atoms with Crippen LogP contribution < -0.4 is 4.90 Å². The van der Waals surface area contributed by atoms with Gasteiger partial charge in [0.05, 0.1) is 6.61 Å². The first-order chi connectivity index (χ1) is 16.1. The molecule has 0 radical (unpaired) electrons. The van der Waals surface area contributed by atoms with Crippen molar-refractivity contribution in [3.8, 4) is 0 Å². The minimum Gasteiger partial charge on any atom is -0.462 e. The third-order valence-corrected chi connectivity index (χ3v) is 6.04. The molecule has 2 aliphatic heterocycles. The van der Waals surface area contributed by atoms with Crippen molar-refractivity contribution in [3.63, 3.8) is 0 Å². The minimum atomic E-state index is -1.45. The smallest absolute Gasteiger partial charge is 0.340 e. The lowest BCUT2D eigenvalue weighted by molar-refractivity contribution is -0.149. The Morgan fingerprint density at radius 3 is 2.24 bits per heavy atom. The maximum absolute atomic E-state index is 14.3. The fourth-order valence-corrected chi connectivity index (χ4v) is 4.49. The third kappa shape index (κ3) is 3.22. The van der Waals surface area contributed by atoms with E-state index in [0.717, 1.165) is 11.3 Å². The summed E-state index contributed by atoms with van der Waals surface area (Å²) in [6.45, 7) is 4.09. The zero-order valence-electron chi connectivity index (χ0n) is 18.5. The van der Waals surface area contributed by atoms with E-state index in [4.69, 9.17) is 9.57 Å². The fraction of sp³-hybridized carbons (Fsp3) is 0.185. The Morgan fingerprint density at radius 2 is 1.61 bits per heavy atom. The van der Waals surface area contributed by atoms with E-state index in [-0.39, 0.29) is 24.8 Å². The van der Waals surface area contributed by atoms with Crippen LogP contribution in [0.3, 0.4) is 0 Å². The Labute approximate surface area is 192 Å². The second kappa shape index (κ2) is 8.22. The highest BCUT2D eigenvalue weighted by molar-refractivity contribution is 6.15. The van der Waals surface area contributed by atoms with Crippen molar-refractivity contribution in [2.75, 3.05) is 18.2 Å². The summed E-state index contributed by atoms with van der Waals surface area (Å²) in [4.78, 5) is 35.6. The van der Waals surface area contributed by atoms with E-state index in [2.05, 4.69) is 0 Å². The number of carbonyl (C=O) groups excluding carboxylic acids is 2. The molecule has 0 aliphatic carbocycles. The molecule has 6 heteroatoms. The van der Waals surface area contributed by atoms with Crippen molar-refractivity contribution in [1.82, 2.24) is 5.06 Å². The van der Waals surface area contributed by atoms with Crippen molar-refractivity contribution in [2.24, 2.45) is 0 Å². The van der Waals surface area contributed by atoms with E-state index in [9.17, 15) is 9.59 Å². The molecule has 5 rings (SSSR count). The Hall–Kier alpha value is -3.90. The van der Waals surface area contributed by atoms with E-state index in [1.807, 2.05) is 91.9 Å². The zero-order chi connectivity index (χ0) is 23.0. The monoisotopic (exact) mass is 440 g/mol. The van der Waals surface area contributed by atoms with Gasteiger partial charge in [-0.05, 0) is 31.5 Å². The number of rotatable bonds is 5. The van der Waals surface area contributed by atoms with Crippen molar-refractivity contribution in [2.45, 2.75) is 19.4 Å². The molecule has 6 nitrogen and oxygen atoms in total. The Balaban J connectivity index is 1.75. The lowest BCUT2D eigenvalue weighted by Crippen LogP contribution is -2.46. The molecule has 2 heterocycles. The van der Waals surface area contributed by atoms with E-state index in [1.54, 1.807) is 16.9 Å². The van der Waals surface area contributed by atoms with Gasteiger partial charge in [-0.15, -0.1) is 0 Å². The molecular weight excluding hydrogens is 416 g/mol. The number of anilines is 1. The number of hydroxylamine groups is 2. The Bertz CT molecular complexity index is 1220. The number of hydrogen-bond donors (Lipinski definition) is 0. The number of carbonyl (C=O) groups is 2. The summed E-state index contributed by atoms with van der Waals surface area (Å²) in [7, 11) is 0. The number of nitrogens with zero attached hydrogens (tertiary/aromatic N) is 2. The highest BCUT2D eigenvalue weighted by Crippen LogP contribution is 2.52. The highest BCUT2D eigenvalue weighted by Gasteiger charge is 2.65. The molecule has 0 saturated carbocycles. The number of benzene rings is 3. The maximum Gasteiger partial charge on any atom is 0.340 e. The molecule has 1 saturated heterocycles. The second-order valence-corrected chi connectivity index (χ2v) is 8.05. The minimum absolute atomic E-state index is 0.163. The largest absolute Gasteiger partial charge is 0.462 e. The molecule has 1 atom stereocenters. The third-order valence-electron chi connectivity index (χ3n) is 6.04. The standard InChI is InChI=1S/C27H24N2O4/c1-3-32-25(30)23-24(20-10-6-4-7-11-20)33-29-18-28(22-16-14-19(2)15-17-22)26(31)27(23,29)21-12-8-5-9-13-21/h4-17H,3,18H2,1-2H3. The molecule has 0 aromatic heterocycles. The lowest BCUT2D eigenvalue weighted by Gasteiger charge is -2.28. The molecule has 0 N–H and O–H groups in total. The number of esters is 1. The molecule has 33 heavy (non-hydrogen) atoms. The first-order valence-electron chi connectivity index (χ1n) is 10.9. The highest BCUT2D eigenvalue weighted by atomic mass is 16.7. The first kappa shape index (κ1) is 21.0. The normalized spacial score (nSPS) is 20.1. The van der Waals surface area contributed by atoms with E-state index in [1.165, 1.54) is 0 Å². The number of ether oxygens (including phenoxy) is 1. The molecular formula is C27H24N2O4. The van der Waals surface area contributed by atoms with Crippen molar-refractivity contribution >= 4 is 23.3 Å². The quantitative estimate of drug-likeness (QED) is 0.550. The van der Waals surface area contributed by atoms with Gasteiger partial charge in [-0.3, -0.25) is 9.69 Å². The van der Waals surface area contributed by atoms with Gasteiger partial charge in [0.15, 0.2) is 11.3 Å². The zero-order valence-corrected chi connectivity index (χ0v) is 18.5. The molecule has 3 aromatic carbocycles. The predicted molar refractivity (Wildman–Crippen MR) is 125 cm³/mol. The van der Waals surface area contributed by atoms with Gasteiger partial charge in [-0.1, -0.05) is 83.4 Å². The van der Waals surface area contributed by atoms with Gasteiger partial charge in [-0.25, -0.2) is 4.79 Å². The molecule has 1 fully saturated rings. The molecule has 1 amide bonds. The fourth-order valence-electron chi connectivity index (χ4n) is 4.49. The maximum atomic E-state index is 14.3. The average Bonchev–Trinajstić information content (AvgIpc) is 3.33. The van der Waals surface area contributed by atoms with Crippen LogP contribution in [0.4, 0.5) is 5.69 Å².